The van der Waals surface area contributed by atoms with Gasteiger partial charge in [0, 0.05) is 31.1 Å². The fourth-order valence-corrected chi connectivity index (χ4v) is 1.95. The molecule has 1 amide bonds. The number of carbonyl (C=O) groups is 1. The van der Waals surface area contributed by atoms with Gasteiger partial charge in [-0.1, -0.05) is 22.0 Å². The number of rotatable bonds is 6. The van der Waals surface area contributed by atoms with Crippen molar-refractivity contribution in [3.05, 3.63) is 35.4 Å². The highest BCUT2D eigenvalue weighted by atomic mass is 79.9. The minimum Gasteiger partial charge on any atom is -0.383 e. The summed E-state index contributed by atoms with van der Waals surface area (Å²) in [4.78, 5) is 14.0. The first kappa shape index (κ1) is 14.7. The molecule has 4 nitrogen and oxygen atoms in total. The highest BCUT2D eigenvalue weighted by molar-refractivity contribution is 9.09. The van der Waals surface area contributed by atoms with Crippen LogP contribution >= 0.6 is 15.9 Å². The van der Waals surface area contributed by atoms with E-state index < -0.39 is 0 Å². The van der Waals surface area contributed by atoms with Crippen LogP contribution in [-0.4, -0.2) is 42.9 Å². The Morgan fingerprint density at radius 3 is 2.89 bits per heavy atom. The summed E-state index contributed by atoms with van der Waals surface area (Å²) in [5.41, 5.74) is 1.03. The molecule has 0 atom stereocenters. The molecule has 1 aromatic carbocycles. The second-order valence-electron chi connectivity index (χ2n) is 3.67. The van der Waals surface area contributed by atoms with E-state index in [2.05, 4.69) is 15.9 Å². The topological polar surface area (TPSA) is 53.3 Å². The quantitative estimate of drug-likeness (QED) is 0.756. The summed E-state index contributed by atoms with van der Waals surface area (Å²) in [6.07, 6.45) is 0. The Morgan fingerprint density at radius 1 is 1.50 bits per heavy atom. The van der Waals surface area contributed by atoms with E-state index in [1.807, 2.05) is 6.07 Å². The van der Waals surface area contributed by atoms with Gasteiger partial charge in [-0.3, -0.25) is 4.79 Å². The molecule has 0 spiro atoms. The maximum absolute atomic E-state index is 12.2. The van der Waals surface area contributed by atoms with Crippen molar-refractivity contribution in [3.8, 4) is 6.07 Å². The van der Waals surface area contributed by atoms with Crippen LogP contribution in [-0.2, 0) is 4.74 Å². The highest BCUT2D eigenvalue weighted by Crippen LogP contribution is 2.08. The molecule has 1 rings (SSSR count). The van der Waals surface area contributed by atoms with E-state index in [1.165, 1.54) is 0 Å². The molecule has 0 saturated heterocycles. The molecule has 0 aliphatic rings. The maximum Gasteiger partial charge on any atom is 0.254 e. The van der Waals surface area contributed by atoms with Crippen LogP contribution in [0, 0.1) is 11.3 Å². The maximum atomic E-state index is 12.2. The second-order valence-corrected chi connectivity index (χ2v) is 4.46. The molecule has 0 heterocycles. The molecular formula is C13H15BrN2O2. The number of hydrogen-bond acceptors (Lipinski definition) is 3. The number of hydrogen-bond donors (Lipinski definition) is 0. The zero-order chi connectivity index (χ0) is 13.4. The number of ether oxygens (including phenoxy) is 1. The van der Waals surface area contributed by atoms with E-state index in [-0.39, 0.29) is 5.91 Å². The predicted molar refractivity (Wildman–Crippen MR) is 72.7 cm³/mol. The number of methoxy groups -OCH3 is 1. The molecule has 96 valence electrons. The lowest BCUT2D eigenvalue weighted by Gasteiger charge is -2.21. The summed E-state index contributed by atoms with van der Waals surface area (Å²) in [6, 6.07) is 8.76. The zero-order valence-corrected chi connectivity index (χ0v) is 11.8. The summed E-state index contributed by atoms with van der Waals surface area (Å²) >= 11 is 3.32. The Hall–Kier alpha value is -1.38. The lowest BCUT2D eigenvalue weighted by molar-refractivity contribution is 0.0709. The third-order valence-electron chi connectivity index (χ3n) is 2.45. The molecule has 0 aliphatic heterocycles. The van der Waals surface area contributed by atoms with Crippen molar-refractivity contribution in [2.24, 2.45) is 0 Å². The first-order valence-electron chi connectivity index (χ1n) is 5.57. The van der Waals surface area contributed by atoms with Crippen molar-refractivity contribution >= 4 is 21.8 Å². The van der Waals surface area contributed by atoms with Gasteiger partial charge in [0.2, 0.25) is 0 Å². The molecule has 18 heavy (non-hydrogen) atoms. The molecule has 0 N–H and O–H groups in total. The summed E-state index contributed by atoms with van der Waals surface area (Å²) in [5.74, 6) is -0.0800. The lowest BCUT2D eigenvalue weighted by Crippen LogP contribution is -2.35. The van der Waals surface area contributed by atoms with Gasteiger partial charge in [0.15, 0.2) is 0 Å². The zero-order valence-electron chi connectivity index (χ0n) is 10.2. The van der Waals surface area contributed by atoms with Crippen molar-refractivity contribution in [2.75, 3.05) is 32.1 Å². The molecule has 0 aromatic heterocycles. The average molecular weight is 311 g/mol. The number of halogens is 1. The Morgan fingerprint density at radius 2 is 2.28 bits per heavy atom. The van der Waals surface area contributed by atoms with Crippen LogP contribution in [0.5, 0.6) is 0 Å². The first-order valence-corrected chi connectivity index (χ1v) is 6.69. The van der Waals surface area contributed by atoms with E-state index in [0.717, 1.165) is 0 Å². The van der Waals surface area contributed by atoms with Crippen LogP contribution < -0.4 is 0 Å². The van der Waals surface area contributed by atoms with Crippen molar-refractivity contribution in [1.82, 2.24) is 4.90 Å². The van der Waals surface area contributed by atoms with Gasteiger partial charge in [-0.15, -0.1) is 0 Å². The first-order chi connectivity index (χ1) is 8.72. The summed E-state index contributed by atoms with van der Waals surface area (Å²) < 4.78 is 4.99. The number of carbonyl (C=O) groups excluding carboxylic acids is 1. The van der Waals surface area contributed by atoms with Gasteiger partial charge in [-0.2, -0.15) is 5.26 Å². The number of alkyl halides is 1. The summed E-state index contributed by atoms with van der Waals surface area (Å²) in [6.45, 7) is 1.65. The molecule has 1 aromatic rings. The standard InChI is InChI=1S/C13H15BrN2O2/c1-18-8-7-16(6-5-14)13(17)12-4-2-3-11(9-12)10-15/h2-4,9H,5-8H2,1H3. The van der Waals surface area contributed by atoms with E-state index in [0.29, 0.717) is 36.2 Å². The Labute approximate surface area is 115 Å². The third kappa shape index (κ3) is 4.13. The molecule has 0 unspecified atom stereocenters. The number of amides is 1. The van der Waals surface area contributed by atoms with Crippen LogP contribution in [0.15, 0.2) is 24.3 Å². The Bertz CT molecular complexity index is 443. The summed E-state index contributed by atoms with van der Waals surface area (Å²) in [5, 5.41) is 9.53. The Balaban J connectivity index is 2.84. The predicted octanol–water partition coefficient (Wildman–Crippen LogP) is 2.04. The molecule has 5 heteroatoms. The molecule has 0 radical (unpaired) electrons. The summed E-state index contributed by atoms with van der Waals surface area (Å²) in [7, 11) is 1.60. The Kier molecular flexibility index (Phi) is 6.40. The van der Waals surface area contributed by atoms with Crippen LogP contribution in [0.3, 0.4) is 0 Å². The van der Waals surface area contributed by atoms with Gasteiger partial charge < -0.3 is 9.64 Å². The normalized spacial score (nSPS) is 9.83. The van der Waals surface area contributed by atoms with Crippen LogP contribution in [0.1, 0.15) is 15.9 Å². The lowest BCUT2D eigenvalue weighted by atomic mass is 10.1. The SMILES string of the molecule is COCCN(CCBr)C(=O)c1cccc(C#N)c1. The van der Waals surface area contributed by atoms with Crippen molar-refractivity contribution in [1.29, 1.82) is 5.26 Å². The van der Waals surface area contributed by atoms with Crippen LogP contribution in [0.25, 0.3) is 0 Å². The molecule has 0 bridgehead atoms. The van der Waals surface area contributed by atoms with E-state index in [9.17, 15) is 4.79 Å². The highest BCUT2D eigenvalue weighted by Gasteiger charge is 2.15. The van der Waals surface area contributed by atoms with Gasteiger partial charge in [0.25, 0.3) is 5.91 Å². The molecule has 0 aliphatic carbocycles. The minimum absolute atomic E-state index is 0.0800. The number of benzene rings is 1. The molecule has 0 saturated carbocycles. The fourth-order valence-electron chi connectivity index (χ4n) is 1.52. The third-order valence-corrected chi connectivity index (χ3v) is 2.80. The second kappa shape index (κ2) is 7.85. The van der Waals surface area contributed by atoms with Crippen molar-refractivity contribution < 1.29 is 9.53 Å². The van der Waals surface area contributed by atoms with Gasteiger partial charge in [-0.25, -0.2) is 0 Å². The minimum atomic E-state index is -0.0800. The molecule has 0 fully saturated rings. The van der Waals surface area contributed by atoms with Crippen LogP contribution in [0.2, 0.25) is 0 Å². The van der Waals surface area contributed by atoms with Gasteiger partial charge in [-0.05, 0) is 18.2 Å². The average Bonchev–Trinajstić information content (AvgIpc) is 2.42. The van der Waals surface area contributed by atoms with Crippen LogP contribution in [0.4, 0.5) is 0 Å². The van der Waals surface area contributed by atoms with Crippen molar-refractivity contribution in [2.45, 2.75) is 0 Å². The largest absolute Gasteiger partial charge is 0.383 e. The van der Waals surface area contributed by atoms with E-state index in [1.54, 1.807) is 36.3 Å². The van der Waals surface area contributed by atoms with Gasteiger partial charge >= 0.3 is 0 Å². The van der Waals surface area contributed by atoms with Gasteiger partial charge in [0.05, 0.1) is 18.2 Å². The monoisotopic (exact) mass is 310 g/mol. The van der Waals surface area contributed by atoms with E-state index in [4.69, 9.17) is 10.00 Å². The van der Waals surface area contributed by atoms with Gasteiger partial charge in [0.1, 0.15) is 0 Å². The number of nitriles is 1. The van der Waals surface area contributed by atoms with E-state index >= 15 is 0 Å². The molecular weight excluding hydrogens is 296 g/mol. The smallest absolute Gasteiger partial charge is 0.254 e. The number of nitrogens with zero attached hydrogens (tertiary/aromatic N) is 2. The fraction of sp³-hybridized carbons (Fsp3) is 0.385. The van der Waals surface area contributed by atoms with Crippen molar-refractivity contribution in [3.63, 3.8) is 0 Å².